The predicted molar refractivity (Wildman–Crippen MR) is 58.1 cm³/mol. The quantitative estimate of drug-likeness (QED) is 0.519. The molecule has 2 rings (SSSR count). The van der Waals surface area contributed by atoms with Crippen molar-refractivity contribution in [3.8, 4) is 0 Å². The SMILES string of the molecule is Bc1ccc2c(C(=O)OCC)noc2c1. The number of nitrogens with zero attached hydrogens (tertiary/aromatic N) is 1. The zero-order valence-electron chi connectivity index (χ0n) is 8.61. The number of hydrogen-bond donors (Lipinski definition) is 0. The van der Waals surface area contributed by atoms with Crippen LogP contribution in [-0.2, 0) is 4.74 Å². The molecular formula is C10H10BNO3. The van der Waals surface area contributed by atoms with Gasteiger partial charge in [0.2, 0.25) is 0 Å². The van der Waals surface area contributed by atoms with Crippen molar-refractivity contribution in [1.29, 1.82) is 0 Å². The van der Waals surface area contributed by atoms with Gasteiger partial charge in [0.25, 0.3) is 0 Å². The summed E-state index contributed by atoms with van der Waals surface area (Å²) in [5, 5.41) is 4.40. The second-order valence-corrected chi connectivity index (χ2v) is 3.25. The van der Waals surface area contributed by atoms with Gasteiger partial charge in [0, 0.05) is 0 Å². The van der Waals surface area contributed by atoms with E-state index in [1.807, 2.05) is 26.0 Å². The molecule has 0 radical (unpaired) electrons. The highest BCUT2D eigenvalue weighted by molar-refractivity contribution is 6.33. The molecule has 0 saturated heterocycles. The third-order valence-corrected chi connectivity index (χ3v) is 2.10. The van der Waals surface area contributed by atoms with E-state index < -0.39 is 5.97 Å². The topological polar surface area (TPSA) is 52.3 Å². The van der Waals surface area contributed by atoms with Gasteiger partial charge in [-0.05, 0) is 19.1 Å². The van der Waals surface area contributed by atoms with Crippen LogP contribution in [0.5, 0.6) is 0 Å². The lowest BCUT2D eigenvalue weighted by molar-refractivity contribution is 0.0517. The second-order valence-electron chi connectivity index (χ2n) is 3.25. The molecule has 1 aromatic heterocycles. The van der Waals surface area contributed by atoms with Crippen molar-refractivity contribution < 1.29 is 14.1 Å². The number of carbonyl (C=O) groups is 1. The first-order valence-electron chi connectivity index (χ1n) is 4.75. The van der Waals surface area contributed by atoms with Gasteiger partial charge in [-0.3, -0.25) is 0 Å². The second kappa shape index (κ2) is 3.77. The van der Waals surface area contributed by atoms with Crippen LogP contribution in [-0.4, -0.2) is 25.6 Å². The molecule has 1 aromatic carbocycles. The van der Waals surface area contributed by atoms with Crippen LogP contribution in [0.15, 0.2) is 22.7 Å². The summed E-state index contributed by atoms with van der Waals surface area (Å²) in [6.07, 6.45) is 0. The summed E-state index contributed by atoms with van der Waals surface area (Å²) in [4.78, 5) is 11.5. The van der Waals surface area contributed by atoms with Gasteiger partial charge in [-0.1, -0.05) is 16.7 Å². The average Bonchev–Trinajstić information content (AvgIpc) is 2.60. The fourth-order valence-corrected chi connectivity index (χ4v) is 1.39. The monoisotopic (exact) mass is 203 g/mol. The lowest BCUT2D eigenvalue weighted by Gasteiger charge is -1.96. The van der Waals surface area contributed by atoms with Crippen LogP contribution in [0.3, 0.4) is 0 Å². The molecule has 15 heavy (non-hydrogen) atoms. The van der Waals surface area contributed by atoms with Crippen molar-refractivity contribution in [2.75, 3.05) is 6.61 Å². The molecule has 2 aromatic rings. The molecule has 0 saturated carbocycles. The minimum Gasteiger partial charge on any atom is -0.461 e. The van der Waals surface area contributed by atoms with E-state index in [9.17, 15) is 4.79 Å². The molecule has 0 spiro atoms. The molecule has 0 aliphatic carbocycles. The van der Waals surface area contributed by atoms with Gasteiger partial charge in [-0.15, -0.1) is 0 Å². The first-order valence-corrected chi connectivity index (χ1v) is 4.75. The molecule has 76 valence electrons. The van der Waals surface area contributed by atoms with Gasteiger partial charge < -0.3 is 9.26 Å². The highest BCUT2D eigenvalue weighted by Crippen LogP contribution is 2.17. The zero-order valence-corrected chi connectivity index (χ0v) is 8.61. The van der Waals surface area contributed by atoms with Crippen molar-refractivity contribution in [2.24, 2.45) is 0 Å². The summed E-state index contributed by atoms with van der Waals surface area (Å²) in [7, 11) is 1.95. The van der Waals surface area contributed by atoms with Crippen LogP contribution in [0.1, 0.15) is 17.4 Å². The molecule has 0 bridgehead atoms. The number of rotatable bonds is 2. The van der Waals surface area contributed by atoms with Crippen molar-refractivity contribution in [1.82, 2.24) is 5.16 Å². The summed E-state index contributed by atoms with van der Waals surface area (Å²) < 4.78 is 9.91. The largest absolute Gasteiger partial charge is 0.461 e. The Balaban J connectivity index is 2.49. The minimum atomic E-state index is -0.444. The summed E-state index contributed by atoms with van der Waals surface area (Å²) in [6.45, 7) is 2.09. The van der Waals surface area contributed by atoms with E-state index in [0.717, 1.165) is 5.46 Å². The standard InChI is InChI=1S/C10H10BNO3/c1-2-14-10(13)9-7-4-3-6(11)5-8(7)15-12-9/h3-5H,2,11H2,1H3. The van der Waals surface area contributed by atoms with Crippen LogP contribution in [0.4, 0.5) is 0 Å². The molecule has 0 fully saturated rings. The maximum absolute atomic E-state index is 11.5. The maximum atomic E-state index is 11.5. The lowest BCUT2D eigenvalue weighted by Crippen LogP contribution is -2.05. The van der Waals surface area contributed by atoms with Crippen molar-refractivity contribution in [3.63, 3.8) is 0 Å². The van der Waals surface area contributed by atoms with Crippen LogP contribution in [0.2, 0.25) is 0 Å². The normalized spacial score (nSPS) is 10.5. The molecule has 0 amide bonds. The van der Waals surface area contributed by atoms with E-state index in [1.54, 1.807) is 6.92 Å². The van der Waals surface area contributed by atoms with Crippen molar-refractivity contribution >= 4 is 30.2 Å². The molecule has 1 heterocycles. The molecule has 0 atom stereocenters. The van der Waals surface area contributed by atoms with E-state index in [-0.39, 0.29) is 5.69 Å². The zero-order chi connectivity index (χ0) is 10.8. The number of ether oxygens (including phenoxy) is 1. The summed E-state index contributed by atoms with van der Waals surface area (Å²) in [6, 6.07) is 5.56. The number of hydrogen-bond acceptors (Lipinski definition) is 4. The van der Waals surface area contributed by atoms with Gasteiger partial charge in [0.05, 0.1) is 12.0 Å². The lowest BCUT2D eigenvalue weighted by atomic mass is 9.95. The Morgan fingerprint density at radius 3 is 3.13 bits per heavy atom. The molecule has 0 aliphatic heterocycles. The Morgan fingerprint density at radius 2 is 2.40 bits per heavy atom. The Hall–Kier alpha value is -1.78. The van der Waals surface area contributed by atoms with Crippen LogP contribution >= 0.6 is 0 Å². The number of esters is 1. The first kappa shape index (κ1) is 9.77. The Morgan fingerprint density at radius 1 is 1.60 bits per heavy atom. The van der Waals surface area contributed by atoms with Gasteiger partial charge in [-0.25, -0.2) is 4.79 Å². The van der Waals surface area contributed by atoms with Gasteiger partial charge >= 0.3 is 5.97 Å². The number of aromatic nitrogens is 1. The number of fused-ring (bicyclic) bond motifs is 1. The highest BCUT2D eigenvalue weighted by Gasteiger charge is 2.16. The van der Waals surface area contributed by atoms with Crippen molar-refractivity contribution in [2.45, 2.75) is 6.92 Å². The first-order chi connectivity index (χ1) is 7.22. The average molecular weight is 203 g/mol. The fraction of sp³-hybridized carbons (Fsp3) is 0.200. The van der Waals surface area contributed by atoms with E-state index in [0.29, 0.717) is 17.6 Å². The number of benzene rings is 1. The Labute approximate surface area is 87.6 Å². The van der Waals surface area contributed by atoms with Crippen molar-refractivity contribution in [3.05, 3.63) is 23.9 Å². The van der Waals surface area contributed by atoms with Crippen LogP contribution in [0, 0.1) is 0 Å². The van der Waals surface area contributed by atoms with E-state index >= 15 is 0 Å². The number of carbonyl (C=O) groups excluding carboxylic acids is 1. The maximum Gasteiger partial charge on any atom is 0.361 e. The van der Waals surface area contributed by atoms with Crippen LogP contribution < -0.4 is 5.46 Å². The Bertz CT molecular complexity index is 506. The summed E-state index contributed by atoms with van der Waals surface area (Å²) in [5.74, 6) is -0.444. The molecule has 0 N–H and O–H groups in total. The summed E-state index contributed by atoms with van der Waals surface area (Å²) in [5.41, 5.74) is 1.92. The fourth-order valence-electron chi connectivity index (χ4n) is 1.39. The molecule has 5 heteroatoms. The third kappa shape index (κ3) is 1.72. The highest BCUT2D eigenvalue weighted by atomic mass is 16.5. The van der Waals surface area contributed by atoms with Crippen LogP contribution in [0.25, 0.3) is 11.0 Å². The van der Waals surface area contributed by atoms with Gasteiger partial charge in [-0.2, -0.15) is 0 Å². The van der Waals surface area contributed by atoms with Gasteiger partial charge in [0.1, 0.15) is 7.85 Å². The Kier molecular flexibility index (Phi) is 2.45. The molecule has 0 unspecified atom stereocenters. The third-order valence-electron chi connectivity index (χ3n) is 2.10. The summed E-state index contributed by atoms with van der Waals surface area (Å²) >= 11 is 0. The predicted octanol–water partition coefficient (Wildman–Crippen LogP) is 0.263. The smallest absolute Gasteiger partial charge is 0.361 e. The van der Waals surface area contributed by atoms with Gasteiger partial charge in [0.15, 0.2) is 11.3 Å². The van der Waals surface area contributed by atoms with E-state index in [4.69, 9.17) is 9.26 Å². The molecule has 0 aliphatic rings. The van der Waals surface area contributed by atoms with E-state index in [2.05, 4.69) is 5.16 Å². The molecular weight excluding hydrogens is 193 g/mol. The molecule has 4 nitrogen and oxygen atoms in total. The van der Waals surface area contributed by atoms with E-state index in [1.165, 1.54) is 0 Å². The minimum absolute atomic E-state index is 0.242.